The van der Waals surface area contributed by atoms with Crippen LogP contribution in [0.4, 0.5) is 16.2 Å². The lowest BCUT2D eigenvalue weighted by atomic mass is 10.1. The van der Waals surface area contributed by atoms with Crippen LogP contribution in [-0.4, -0.2) is 27.2 Å². The summed E-state index contributed by atoms with van der Waals surface area (Å²) in [7, 11) is 0. The van der Waals surface area contributed by atoms with Crippen LogP contribution < -0.4 is 10.2 Å². The smallest absolute Gasteiger partial charge is 0.415 e. The maximum absolute atomic E-state index is 12.9. The highest BCUT2D eigenvalue weighted by Gasteiger charge is 2.23. The van der Waals surface area contributed by atoms with Gasteiger partial charge in [0.2, 0.25) is 0 Å². The molecule has 0 aliphatic heterocycles. The molecule has 0 aliphatic carbocycles. The van der Waals surface area contributed by atoms with Gasteiger partial charge in [-0.25, -0.2) is 4.79 Å². The number of nitrogens with zero attached hydrogens (tertiary/aromatic N) is 3. The number of fused-ring (bicyclic) bond motifs is 1. The lowest BCUT2D eigenvalue weighted by molar-refractivity contribution is 0.0577. The van der Waals surface area contributed by atoms with Gasteiger partial charge in [0, 0.05) is 16.9 Å². The number of aromatic nitrogens is 2. The Morgan fingerprint density at radius 3 is 2.55 bits per heavy atom. The lowest BCUT2D eigenvalue weighted by Crippen LogP contribution is -2.36. The number of para-hydroxylation sites is 1. The van der Waals surface area contributed by atoms with E-state index in [0.717, 1.165) is 16.0 Å². The maximum atomic E-state index is 12.9. The van der Waals surface area contributed by atoms with Crippen LogP contribution in [0.2, 0.25) is 0 Å². The zero-order valence-corrected chi connectivity index (χ0v) is 19.4. The van der Waals surface area contributed by atoms with Crippen LogP contribution in [0.1, 0.15) is 36.7 Å². The Morgan fingerprint density at radius 2 is 1.79 bits per heavy atom. The summed E-state index contributed by atoms with van der Waals surface area (Å²) in [5.74, 6) is -0.242. The van der Waals surface area contributed by atoms with Crippen molar-refractivity contribution in [3.8, 4) is 0 Å². The van der Waals surface area contributed by atoms with E-state index in [4.69, 9.17) is 4.74 Å². The van der Waals surface area contributed by atoms with Gasteiger partial charge in [-0.1, -0.05) is 34.8 Å². The molecule has 0 atom stereocenters. The first-order chi connectivity index (χ1) is 15.8. The molecule has 0 unspecified atom stereocenters. The number of nitrogens with one attached hydrogen (secondary N) is 1. The number of hydrogen-bond donors (Lipinski definition) is 1. The van der Waals surface area contributed by atoms with E-state index >= 15 is 0 Å². The number of hydrogen-bond acceptors (Lipinski definition) is 6. The van der Waals surface area contributed by atoms with Crippen molar-refractivity contribution in [2.75, 3.05) is 10.2 Å². The average Bonchev–Trinajstić information content (AvgIpc) is 3.25. The second kappa shape index (κ2) is 9.38. The molecular formula is C25H24N4O3S. The van der Waals surface area contributed by atoms with Crippen LogP contribution >= 0.6 is 11.5 Å². The van der Waals surface area contributed by atoms with Gasteiger partial charge in [-0.3, -0.25) is 9.69 Å². The molecule has 2 amide bonds. The number of amides is 2. The zero-order valence-electron chi connectivity index (χ0n) is 18.6. The van der Waals surface area contributed by atoms with Crippen molar-refractivity contribution in [3.63, 3.8) is 0 Å². The molecule has 1 heterocycles. The van der Waals surface area contributed by atoms with E-state index in [9.17, 15) is 9.59 Å². The van der Waals surface area contributed by atoms with E-state index in [1.54, 1.807) is 17.0 Å². The van der Waals surface area contributed by atoms with Crippen LogP contribution in [0, 0.1) is 0 Å². The van der Waals surface area contributed by atoms with Gasteiger partial charge in [0.25, 0.3) is 5.91 Å². The molecule has 4 aromatic rings. The van der Waals surface area contributed by atoms with E-state index in [0.29, 0.717) is 23.3 Å². The average molecular weight is 461 g/mol. The Bertz CT molecular complexity index is 1280. The van der Waals surface area contributed by atoms with Gasteiger partial charge < -0.3 is 10.1 Å². The van der Waals surface area contributed by atoms with E-state index in [1.807, 2.05) is 81.4 Å². The molecule has 0 fully saturated rings. The van der Waals surface area contributed by atoms with Crippen molar-refractivity contribution in [3.05, 3.63) is 83.9 Å². The van der Waals surface area contributed by atoms with Crippen LogP contribution in [0.3, 0.4) is 0 Å². The van der Waals surface area contributed by atoms with Gasteiger partial charge in [0.05, 0.1) is 11.2 Å². The molecule has 0 spiro atoms. The number of benzene rings is 3. The normalized spacial score (nSPS) is 11.2. The minimum Gasteiger partial charge on any atom is -0.443 e. The fourth-order valence-electron chi connectivity index (χ4n) is 3.24. The SMILES string of the molecule is CC(C)(C)OC(=O)N(Cc1cccc(NC(=O)c2ccc3snnc3c2)c1)c1ccccc1. The first-order valence-corrected chi connectivity index (χ1v) is 11.2. The zero-order chi connectivity index (χ0) is 23.4. The third-order valence-electron chi connectivity index (χ3n) is 4.72. The van der Waals surface area contributed by atoms with Crippen molar-refractivity contribution in [2.24, 2.45) is 0 Å². The summed E-state index contributed by atoms with van der Waals surface area (Å²) in [4.78, 5) is 27.3. The van der Waals surface area contributed by atoms with E-state index in [2.05, 4.69) is 14.9 Å². The number of carbonyl (C=O) groups excluding carboxylic acids is 2. The van der Waals surface area contributed by atoms with E-state index in [-0.39, 0.29) is 5.91 Å². The summed E-state index contributed by atoms with van der Waals surface area (Å²) in [5.41, 5.74) is 2.78. The predicted molar refractivity (Wildman–Crippen MR) is 131 cm³/mol. The molecule has 0 saturated carbocycles. The minimum atomic E-state index is -0.617. The molecule has 8 heteroatoms. The Labute approximate surface area is 196 Å². The highest BCUT2D eigenvalue weighted by atomic mass is 32.1. The first-order valence-electron chi connectivity index (χ1n) is 10.5. The van der Waals surface area contributed by atoms with Crippen molar-refractivity contribution in [2.45, 2.75) is 32.9 Å². The molecule has 0 radical (unpaired) electrons. The summed E-state index contributed by atoms with van der Waals surface area (Å²) in [6.45, 7) is 5.80. The molecule has 1 aromatic heterocycles. The van der Waals surface area contributed by atoms with Gasteiger partial charge in [-0.2, -0.15) is 0 Å². The number of anilines is 2. The van der Waals surface area contributed by atoms with Crippen molar-refractivity contribution >= 4 is 45.1 Å². The molecule has 3 aromatic carbocycles. The number of rotatable bonds is 5. The van der Waals surface area contributed by atoms with Crippen LogP contribution in [-0.2, 0) is 11.3 Å². The monoisotopic (exact) mass is 460 g/mol. The largest absolute Gasteiger partial charge is 0.443 e. The second-order valence-corrected chi connectivity index (χ2v) is 9.30. The van der Waals surface area contributed by atoms with Gasteiger partial charge >= 0.3 is 6.09 Å². The first kappa shape index (κ1) is 22.4. The lowest BCUT2D eigenvalue weighted by Gasteiger charge is -2.27. The quantitative estimate of drug-likeness (QED) is 0.402. The highest BCUT2D eigenvalue weighted by Crippen LogP contribution is 2.23. The predicted octanol–water partition coefficient (Wildman–Crippen LogP) is 5.89. The van der Waals surface area contributed by atoms with Crippen molar-refractivity contribution in [1.82, 2.24) is 9.59 Å². The Morgan fingerprint density at radius 1 is 1.00 bits per heavy atom. The van der Waals surface area contributed by atoms with Crippen LogP contribution in [0.5, 0.6) is 0 Å². The number of carbonyl (C=O) groups is 2. The fourth-order valence-corrected chi connectivity index (χ4v) is 3.78. The molecule has 0 bridgehead atoms. The van der Waals surface area contributed by atoms with Gasteiger partial charge in [0.1, 0.15) is 11.1 Å². The molecule has 33 heavy (non-hydrogen) atoms. The van der Waals surface area contributed by atoms with Gasteiger partial charge in [0.15, 0.2) is 0 Å². The van der Waals surface area contributed by atoms with Crippen molar-refractivity contribution < 1.29 is 14.3 Å². The summed E-state index contributed by atoms with van der Waals surface area (Å²) in [6, 6.07) is 22.1. The third-order valence-corrected chi connectivity index (χ3v) is 5.42. The van der Waals surface area contributed by atoms with E-state index < -0.39 is 11.7 Å². The maximum Gasteiger partial charge on any atom is 0.415 e. The molecule has 4 rings (SSSR count). The third kappa shape index (κ3) is 5.72. The van der Waals surface area contributed by atoms with Gasteiger partial charge in [-0.05, 0) is 80.3 Å². The minimum absolute atomic E-state index is 0.242. The molecule has 168 valence electrons. The fraction of sp³-hybridized carbons (Fsp3) is 0.200. The number of ether oxygens (including phenoxy) is 1. The molecule has 7 nitrogen and oxygen atoms in total. The summed E-state index contributed by atoms with van der Waals surface area (Å²) in [5, 5.41) is 6.94. The standard InChI is InChI=1S/C25H24N4O3S/c1-25(2,3)32-24(31)29(20-10-5-4-6-11-20)16-17-8-7-9-19(14-17)26-23(30)18-12-13-22-21(15-18)27-28-33-22/h4-15H,16H2,1-3H3,(H,26,30). The second-order valence-electron chi connectivity index (χ2n) is 8.51. The summed E-state index contributed by atoms with van der Waals surface area (Å²) in [6.07, 6.45) is -0.437. The van der Waals surface area contributed by atoms with Crippen LogP contribution in [0.15, 0.2) is 72.8 Å². The Kier molecular flexibility index (Phi) is 6.37. The van der Waals surface area contributed by atoms with Crippen molar-refractivity contribution in [1.29, 1.82) is 0 Å². The Balaban J connectivity index is 1.53. The Hall–Kier alpha value is -3.78. The van der Waals surface area contributed by atoms with Gasteiger partial charge in [-0.15, -0.1) is 5.10 Å². The molecule has 0 aliphatic rings. The highest BCUT2D eigenvalue weighted by molar-refractivity contribution is 7.12. The molecule has 1 N–H and O–H groups in total. The van der Waals surface area contributed by atoms with Crippen LogP contribution in [0.25, 0.3) is 10.2 Å². The molecular weight excluding hydrogens is 436 g/mol. The molecule has 0 saturated heterocycles. The topological polar surface area (TPSA) is 84.4 Å². The summed E-state index contributed by atoms with van der Waals surface area (Å²) < 4.78 is 10.4. The summed E-state index contributed by atoms with van der Waals surface area (Å²) >= 11 is 1.29. The van der Waals surface area contributed by atoms with E-state index in [1.165, 1.54) is 11.5 Å².